The molecule has 1 aliphatic rings. The lowest BCUT2D eigenvalue weighted by Gasteiger charge is -2.29. The van der Waals surface area contributed by atoms with Crippen LogP contribution in [0.2, 0.25) is 0 Å². The minimum absolute atomic E-state index is 0.878. The average molecular weight is 269 g/mol. The predicted octanol–water partition coefficient (Wildman–Crippen LogP) is 3.25. The molecule has 2 heterocycles. The fourth-order valence-electron chi connectivity index (χ4n) is 3.02. The molecule has 3 heteroatoms. The molecule has 0 saturated carbocycles. The second-order valence-corrected chi connectivity index (χ2v) is 5.69. The van der Waals surface area contributed by atoms with Crippen LogP contribution in [-0.4, -0.2) is 25.1 Å². The number of fused-ring (bicyclic) bond motifs is 1. The minimum atomic E-state index is 0.878. The Morgan fingerprint density at radius 3 is 2.70 bits per heavy atom. The number of benzene rings is 1. The summed E-state index contributed by atoms with van der Waals surface area (Å²) in [5.41, 5.74) is 4.86. The van der Waals surface area contributed by atoms with Crippen LogP contribution in [0, 0.1) is 6.92 Å². The molecule has 0 spiro atoms. The molecule has 2 aromatic rings. The van der Waals surface area contributed by atoms with E-state index in [0.29, 0.717) is 0 Å². The molecule has 0 atom stereocenters. The van der Waals surface area contributed by atoms with Crippen LogP contribution >= 0.6 is 0 Å². The first-order valence-corrected chi connectivity index (χ1v) is 7.58. The van der Waals surface area contributed by atoms with Crippen LogP contribution in [0.1, 0.15) is 30.5 Å². The number of hydrogen-bond donors (Lipinski definition) is 1. The Balaban J connectivity index is 1.98. The lowest BCUT2D eigenvalue weighted by atomic mass is 10.1. The molecular weight excluding hydrogens is 246 g/mol. The number of nitrogens with one attached hydrogen (secondary N) is 1. The van der Waals surface area contributed by atoms with E-state index in [4.69, 9.17) is 4.98 Å². The van der Waals surface area contributed by atoms with Crippen molar-refractivity contribution in [2.45, 2.75) is 32.7 Å². The zero-order valence-corrected chi connectivity index (χ0v) is 12.4. The molecule has 1 fully saturated rings. The lowest BCUT2D eigenvalue weighted by molar-refractivity contribution is 0.578. The van der Waals surface area contributed by atoms with Crippen molar-refractivity contribution in [3.63, 3.8) is 0 Å². The molecule has 1 N–H and O–H groups in total. The van der Waals surface area contributed by atoms with E-state index in [2.05, 4.69) is 41.4 Å². The van der Waals surface area contributed by atoms with Crippen LogP contribution in [0.3, 0.4) is 0 Å². The van der Waals surface area contributed by atoms with Crippen molar-refractivity contribution >= 4 is 16.6 Å². The number of pyridine rings is 1. The Labute approximate surface area is 121 Å². The number of rotatable bonds is 3. The summed E-state index contributed by atoms with van der Waals surface area (Å²) in [5.74, 6) is 0. The topological polar surface area (TPSA) is 28.2 Å². The highest BCUT2D eigenvalue weighted by atomic mass is 15.1. The first-order valence-electron chi connectivity index (χ1n) is 7.58. The maximum absolute atomic E-state index is 4.72. The number of aryl methyl sites for hydroxylation is 1. The van der Waals surface area contributed by atoms with E-state index in [0.717, 1.165) is 17.8 Å². The van der Waals surface area contributed by atoms with E-state index in [1.54, 1.807) is 0 Å². The van der Waals surface area contributed by atoms with Crippen molar-refractivity contribution < 1.29 is 0 Å². The van der Waals surface area contributed by atoms with Gasteiger partial charge in [-0.05, 0) is 63.1 Å². The highest BCUT2D eigenvalue weighted by molar-refractivity contribution is 5.83. The zero-order valence-electron chi connectivity index (χ0n) is 12.4. The molecule has 3 nitrogen and oxygen atoms in total. The van der Waals surface area contributed by atoms with Gasteiger partial charge in [-0.3, -0.25) is 4.98 Å². The maximum atomic E-state index is 4.72. The molecule has 1 saturated heterocycles. The SMILES string of the molecule is CNCc1cc2cc(N3CCCCC3)ccc2nc1C. The Morgan fingerprint density at radius 2 is 1.95 bits per heavy atom. The van der Waals surface area contributed by atoms with Crippen LogP contribution < -0.4 is 10.2 Å². The highest BCUT2D eigenvalue weighted by Crippen LogP contribution is 2.25. The van der Waals surface area contributed by atoms with Crippen molar-refractivity contribution in [3.8, 4) is 0 Å². The van der Waals surface area contributed by atoms with Gasteiger partial charge in [0.15, 0.2) is 0 Å². The van der Waals surface area contributed by atoms with Crippen LogP contribution in [0.15, 0.2) is 24.3 Å². The summed E-state index contributed by atoms with van der Waals surface area (Å²) in [6, 6.07) is 8.96. The normalized spacial score (nSPS) is 15.8. The van der Waals surface area contributed by atoms with E-state index >= 15 is 0 Å². The molecule has 0 bridgehead atoms. The second kappa shape index (κ2) is 5.80. The standard InChI is InChI=1S/C17H23N3/c1-13-15(12-18-2)10-14-11-16(6-7-17(14)19-13)20-8-4-3-5-9-20/h6-7,10-11,18H,3-5,8-9,12H2,1-2H3. The molecule has 0 radical (unpaired) electrons. The Hall–Kier alpha value is -1.61. The highest BCUT2D eigenvalue weighted by Gasteiger charge is 2.12. The van der Waals surface area contributed by atoms with E-state index < -0.39 is 0 Å². The van der Waals surface area contributed by atoms with Gasteiger partial charge in [-0.2, -0.15) is 0 Å². The largest absolute Gasteiger partial charge is 0.372 e. The van der Waals surface area contributed by atoms with Gasteiger partial charge in [0.1, 0.15) is 0 Å². The monoisotopic (exact) mass is 269 g/mol. The smallest absolute Gasteiger partial charge is 0.0706 e. The van der Waals surface area contributed by atoms with Gasteiger partial charge >= 0.3 is 0 Å². The molecule has 0 amide bonds. The molecule has 3 rings (SSSR count). The van der Waals surface area contributed by atoms with Gasteiger partial charge in [0.2, 0.25) is 0 Å². The van der Waals surface area contributed by atoms with E-state index in [9.17, 15) is 0 Å². The number of nitrogens with zero attached hydrogens (tertiary/aromatic N) is 2. The van der Waals surface area contributed by atoms with Crippen molar-refractivity contribution in [1.82, 2.24) is 10.3 Å². The van der Waals surface area contributed by atoms with Gasteiger partial charge < -0.3 is 10.2 Å². The number of hydrogen-bond acceptors (Lipinski definition) is 3. The van der Waals surface area contributed by atoms with Gasteiger partial charge in [-0.15, -0.1) is 0 Å². The first kappa shape index (κ1) is 13.4. The van der Waals surface area contributed by atoms with Gasteiger partial charge in [-0.1, -0.05) is 0 Å². The Morgan fingerprint density at radius 1 is 1.15 bits per heavy atom. The molecule has 1 aromatic carbocycles. The molecule has 1 aromatic heterocycles. The summed E-state index contributed by atoms with van der Waals surface area (Å²) in [5, 5.41) is 4.47. The van der Waals surface area contributed by atoms with E-state index in [1.165, 1.54) is 49.0 Å². The summed E-state index contributed by atoms with van der Waals surface area (Å²) in [7, 11) is 1.98. The Kier molecular flexibility index (Phi) is 3.88. The number of aromatic nitrogens is 1. The summed E-state index contributed by atoms with van der Waals surface area (Å²) in [6.45, 7) is 5.34. The lowest BCUT2D eigenvalue weighted by Crippen LogP contribution is -2.29. The second-order valence-electron chi connectivity index (χ2n) is 5.69. The third-order valence-corrected chi connectivity index (χ3v) is 4.18. The molecule has 0 unspecified atom stereocenters. The summed E-state index contributed by atoms with van der Waals surface area (Å²) in [6.07, 6.45) is 4.00. The first-order chi connectivity index (χ1) is 9.78. The molecule has 1 aliphatic heterocycles. The Bertz CT molecular complexity index is 600. The minimum Gasteiger partial charge on any atom is -0.372 e. The third kappa shape index (κ3) is 2.63. The van der Waals surface area contributed by atoms with Crippen molar-refractivity contribution in [1.29, 1.82) is 0 Å². The fourth-order valence-corrected chi connectivity index (χ4v) is 3.02. The van der Waals surface area contributed by atoms with Crippen LogP contribution in [0.25, 0.3) is 10.9 Å². The zero-order chi connectivity index (χ0) is 13.9. The van der Waals surface area contributed by atoms with Gasteiger partial charge in [0.25, 0.3) is 0 Å². The average Bonchev–Trinajstić information content (AvgIpc) is 2.49. The molecule has 106 valence electrons. The van der Waals surface area contributed by atoms with E-state index in [-0.39, 0.29) is 0 Å². The molecular formula is C17H23N3. The number of anilines is 1. The third-order valence-electron chi connectivity index (χ3n) is 4.18. The van der Waals surface area contributed by atoms with Gasteiger partial charge in [0, 0.05) is 36.4 Å². The van der Waals surface area contributed by atoms with Crippen LogP contribution in [-0.2, 0) is 6.54 Å². The van der Waals surface area contributed by atoms with Crippen molar-refractivity contribution in [3.05, 3.63) is 35.5 Å². The fraction of sp³-hybridized carbons (Fsp3) is 0.471. The van der Waals surface area contributed by atoms with Gasteiger partial charge in [0.05, 0.1) is 5.52 Å². The molecule has 0 aliphatic carbocycles. The van der Waals surface area contributed by atoms with Gasteiger partial charge in [-0.25, -0.2) is 0 Å². The van der Waals surface area contributed by atoms with Crippen LogP contribution in [0.4, 0.5) is 5.69 Å². The quantitative estimate of drug-likeness (QED) is 0.927. The van der Waals surface area contributed by atoms with Crippen molar-refractivity contribution in [2.75, 3.05) is 25.0 Å². The summed E-state index contributed by atoms with van der Waals surface area (Å²) < 4.78 is 0. The van der Waals surface area contributed by atoms with E-state index in [1.807, 2.05) is 7.05 Å². The molecule has 20 heavy (non-hydrogen) atoms. The van der Waals surface area contributed by atoms with Crippen molar-refractivity contribution in [2.24, 2.45) is 0 Å². The van der Waals surface area contributed by atoms with Crippen LogP contribution in [0.5, 0.6) is 0 Å². The summed E-state index contributed by atoms with van der Waals surface area (Å²) >= 11 is 0. The predicted molar refractivity (Wildman–Crippen MR) is 85.3 cm³/mol. The number of piperidine rings is 1. The maximum Gasteiger partial charge on any atom is 0.0706 e. The summed E-state index contributed by atoms with van der Waals surface area (Å²) in [4.78, 5) is 7.22.